The average Bonchev–Trinajstić information content (AvgIpc) is 3.11. The first-order valence-electron chi connectivity index (χ1n) is 10.4. The summed E-state index contributed by atoms with van der Waals surface area (Å²) < 4.78 is 19.4. The summed E-state index contributed by atoms with van der Waals surface area (Å²) in [5, 5.41) is 5.84. The second-order valence-corrected chi connectivity index (χ2v) is 7.80. The van der Waals surface area contributed by atoms with Crippen molar-refractivity contribution in [1.82, 2.24) is 15.5 Å². The molecular weight excluding hydrogens is 385 g/mol. The van der Waals surface area contributed by atoms with Gasteiger partial charge in [-0.1, -0.05) is 30.3 Å². The minimum Gasteiger partial charge on any atom is -0.491 e. The normalized spacial score (nSPS) is 23.0. The van der Waals surface area contributed by atoms with Crippen LogP contribution in [0.5, 0.6) is 5.75 Å². The second-order valence-electron chi connectivity index (χ2n) is 7.80. The summed E-state index contributed by atoms with van der Waals surface area (Å²) in [6.07, 6.45) is 2.19. The summed E-state index contributed by atoms with van der Waals surface area (Å²) in [7, 11) is 0. The number of carbonyl (C=O) groups excluding carboxylic acids is 2. The molecule has 0 spiro atoms. The monoisotopic (exact) mass is 411 g/mol. The maximum atomic E-state index is 13.8. The number of halogens is 1. The summed E-state index contributed by atoms with van der Waals surface area (Å²) in [6, 6.07) is 14.2. The molecule has 2 bridgehead atoms. The van der Waals surface area contributed by atoms with Crippen LogP contribution in [-0.4, -0.2) is 48.5 Å². The lowest BCUT2D eigenvalue weighted by Gasteiger charge is -2.30. The van der Waals surface area contributed by atoms with Crippen LogP contribution in [0, 0.1) is 5.82 Å². The number of fused-ring (bicyclic) bond motifs is 3. The van der Waals surface area contributed by atoms with Crippen molar-refractivity contribution in [1.29, 1.82) is 0 Å². The second kappa shape index (κ2) is 9.26. The first-order chi connectivity index (χ1) is 14.6. The van der Waals surface area contributed by atoms with Gasteiger partial charge in [0.1, 0.15) is 18.2 Å². The van der Waals surface area contributed by atoms with E-state index in [0.717, 1.165) is 12.8 Å². The van der Waals surface area contributed by atoms with Crippen LogP contribution < -0.4 is 15.4 Å². The number of hydrogen-bond donors (Lipinski definition) is 2. The van der Waals surface area contributed by atoms with E-state index in [4.69, 9.17) is 4.74 Å². The Morgan fingerprint density at radius 3 is 2.67 bits per heavy atom. The van der Waals surface area contributed by atoms with Crippen LogP contribution >= 0.6 is 0 Å². The van der Waals surface area contributed by atoms with Crippen molar-refractivity contribution < 1.29 is 18.7 Å². The van der Waals surface area contributed by atoms with Crippen LogP contribution in [-0.2, 0) is 11.3 Å². The highest BCUT2D eigenvalue weighted by atomic mass is 19.1. The molecular formula is C23H26FN3O3. The Kier molecular flexibility index (Phi) is 6.28. The first-order valence-corrected chi connectivity index (χ1v) is 10.4. The molecule has 0 aromatic heterocycles. The zero-order valence-electron chi connectivity index (χ0n) is 16.8. The third kappa shape index (κ3) is 4.79. The van der Waals surface area contributed by atoms with Crippen molar-refractivity contribution >= 4 is 11.8 Å². The number of nitrogens with zero attached hydrogens (tertiary/aromatic N) is 1. The number of ether oxygens (including phenoxy) is 1. The van der Waals surface area contributed by atoms with Crippen LogP contribution in [0.3, 0.4) is 0 Å². The fraction of sp³-hybridized carbons (Fsp3) is 0.391. The van der Waals surface area contributed by atoms with Crippen LogP contribution in [0.15, 0.2) is 48.5 Å². The van der Waals surface area contributed by atoms with E-state index in [2.05, 4.69) is 27.7 Å². The van der Waals surface area contributed by atoms with Crippen molar-refractivity contribution in [2.24, 2.45) is 0 Å². The van der Waals surface area contributed by atoms with Gasteiger partial charge in [0.25, 0.3) is 5.91 Å². The maximum Gasteiger partial charge on any atom is 0.255 e. The molecule has 0 saturated carbocycles. The molecule has 2 aromatic carbocycles. The highest BCUT2D eigenvalue weighted by Crippen LogP contribution is 2.28. The predicted molar refractivity (Wildman–Crippen MR) is 111 cm³/mol. The zero-order chi connectivity index (χ0) is 20.9. The highest BCUT2D eigenvalue weighted by molar-refractivity contribution is 5.97. The van der Waals surface area contributed by atoms with Gasteiger partial charge < -0.3 is 15.4 Å². The van der Waals surface area contributed by atoms with Crippen molar-refractivity contribution in [3.63, 3.8) is 0 Å². The minimum atomic E-state index is -0.492. The van der Waals surface area contributed by atoms with Crippen LogP contribution in [0.4, 0.5) is 4.39 Å². The van der Waals surface area contributed by atoms with Gasteiger partial charge in [-0.3, -0.25) is 14.5 Å². The molecule has 30 heavy (non-hydrogen) atoms. The van der Waals surface area contributed by atoms with Gasteiger partial charge in [-0.05, 0) is 36.6 Å². The molecule has 158 valence electrons. The fourth-order valence-corrected chi connectivity index (χ4v) is 4.25. The van der Waals surface area contributed by atoms with E-state index in [9.17, 15) is 14.0 Å². The van der Waals surface area contributed by atoms with Crippen molar-refractivity contribution in [3.05, 3.63) is 65.5 Å². The molecule has 0 aliphatic carbocycles. The smallest absolute Gasteiger partial charge is 0.255 e. The van der Waals surface area contributed by atoms with E-state index in [1.165, 1.54) is 23.8 Å². The SMILES string of the molecule is O=C1C[C@@H]2CC[C@H](CNC(=O)c3cc(F)ccc3OCCN1)N2Cc1ccccc1. The van der Waals surface area contributed by atoms with Gasteiger partial charge in [-0.15, -0.1) is 0 Å². The van der Waals surface area contributed by atoms with Crippen LogP contribution in [0.2, 0.25) is 0 Å². The Bertz CT molecular complexity index is 906. The van der Waals surface area contributed by atoms with Gasteiger partial charge in [0.15, 0.2) is 0 Å². The molecule has 0 radical (unpaired) electrons. The summed E-state index contributed by atoms with van der Waals surface area (Å²) in [4.78, 5) is 27.6. The molecule has 2 N–H and O–H groups in total. The summed E-state index contributed by atoms with van der Waals surface area (Å²) >= 11 is 0. The van der Waals surface area contributed by atoms with Gasteiger partial charge in [-0.25, -0.2) is 4.39 Å². The third-order valence-electron chi connectivity index (χ3n) is 5.77. The Morgan fingerprint density at radius 2 is 1.83 bits per heavy atom. The van der Waals surface area contributed by atoms with Crippen LogP contribution in [0.1, 0.15) is 35.2 Å². The molecule has 2 aromatic rings. The quantitative estimate of drug-likeness (QED) is 0.797. The first kappa shape index (κ1) is 20.3. The van der Waals surface area contributed by atoms with E-state index in [1.807, 2.05) is 18.2 Å². The lowest BCUT2D eigenvalue weighted by Crippen LogP contribution is -2.44. The molecule has 1 fully saturated rings. The van der Waals surface area contributed by atoms with Gasteiger partial charge >= 0.3 is 0 Å². The highest BCUT2D eigenvalue weighted by Gasteiger charge is 2.35. The summed E-state index contributed by atoms with van der Waals surface area (Å²) in [6.45, 7) is 1.68. The summed E-state index contributed by atoms with van der Waals surface area (Å²) in [5.74, 6) is -0.546. The van der Waals surface area contributed by atoms with Crippen molar-refractivity contribution in [2.45, 2.75) is 37.9 Å². The number of rotatable bonds is 2. The molecule has 0 unspecified atom stereocenters. The lowest BCUT2D eigenvalue weighted by atomic mass is 10.1. The Balaban J connectivity index is 1.57. The van der Waals surface area contributed by atoms with E-state index in [-0.39, 0.29) is 36.1 Å². The van der Waals surface area contributed by atoms with Gasteiger partial charge in [0.2, 0.25) is 5.91 Å². The summed E-state index contributed by atoms with van der Waals surface area (Å²) in [5.41, 5.74) is 1.34. The molecule has 6 nitrogen and oxygen atoms in total. The van der Waals surface area contributed by atoms with Gasteiger partial charge in [0.05, 0.1) is 12.1 Å². The van der Waals surface area contributed by atoms with E-state index in [1.54, 1.807) is 0 Å². The lowest BCUT2D eigenvalue weighted by molar-refractivity contribution is -0.122. The van der Waals surface area contributed by atoms with Crippen molar-refractivity contribution in [3.8, 4) is 5.75 Å². The van der Waals surface area contributed by atoms with Gasteiger partial charge in [-0.2, -0.15) is 0 Å². The number of carbonyl (C=O) groups is 2. The maximum absolute atomic E-state index is 13.8. The molecule has 2 aliphatic rings. The largest absolute Gasteiger partial charge is 0.491 e. The minimum absolute atomic E-state index is 0.0114. The zero-order valence-corrected chi connectivity index (χ0v) is 16.8. The van der Waals surface area contributed by atoms with Crippen LogP contribution in [0.25, 0.3) is 0 Å². The van der Waals surface area contributed by atoms with E-state index >= 15 is 0 Å². The predicted octanol–water partition coefficient (Wildman–Crippen LogP) is 2.49. The topological polar surface area (TPSA) is 70.7 Å². The van der Waals surface area contributed by atoms with Gasteiger partial charge in [0, 0.05) is 31.6 Å². The third-order valence-corrected chi connectivity index (χ3v) is 5.77. The van der Waals surface area contributed by atoms with Crippen molar-refractivity contribution in [2.75, 3.05) is 19.7 Å². The number of benzene rings is 2. The molecule has 2 heterocycles. The number of hydrogen-bond acceptors (Lipinski definition) is 4. The molecule has 1 saturated heterocycles. The molecule has 7 heteroatoms. The number of amides is 2. The van der Waals surface area contributed by atoms with E-state index < -0.39 is 5.82 Å². The standard InChI is InChI=1S/C23H26FN3O3/c24-17-6-9-21-20(12-17)23(29)26-14-19-8-7-18(13-22(28)25-10-11-30-21)27(19)15-16-4-2-1-3-5-16/h1-6,9,12,18-19H,7-8,10-11,13-15H2,(H,25,28)(H,26,29)/t18-,19+/m0/s1. The Labute approximate surface area is 175 Å². The molecule has 4 rings (SSSR count). The average molecular weight is 411 g/mol. The number of nitrogens with one attached hydrogen (secondary N) is 2. The fourth-order valence-electron chi connectivity index (χ4n) is 4.25. The Hall–Kier alpha value is -2.93. The van der Waals surface area contributed by atoms with E-state index in [0.29, 0.717) is 31.8 Å². The molecule has 2 atom stereocenters. The Morgan fingerprint density at radius 1 is 1.03 bits per heavy atom. The molecule has 2 aliphatic heterocycles. The molecule has 2 amide bonds.